The van der Waals surface area contributed by atoms with Crippen LogP contribution in [0.15, 0.2) is 42.5 Å². The third-order valence-corrected chi connectivity index (χ3v) is 4.72. The Morgan fingerprint density at radius 3 is 2.60 bits per heavy atom. The zero-order valence-corrected chi connectivity index (χ0v) is 15.6. The molecule has 134 valence electrons. The molecule has 1 fully saturated rings. The molecule has 2 atom stereocenters. The van der Waals surface area contributed by atoms with Gasteiger partial charge in [0.2, 0.25) is 0 Å². The van der Waals surface area contributed by atoms with Crippen LogP contribution < -0.4 is 5.32 Å². The lowest BCUT2D eigenvalue weighted by Gasteiger charge is -2.36. The number of carbonyl (C=O) groups is 1. The van der Waals surface area contributed by atoms with Crippen LogP contribution in [0.4, 0.5) is 4.79 Å². The molecule has 1 unspecified atom stereocenters. The van der Waals surface area contributed by atoms with Gasteiger partial charge in [-0.25, -0.2) is 4.79 Å². The van der Waals surface area contributed by atoms with Gasteiger partial charge in [0.25, 0.3) is 0 Å². The first-order valence-corrected chi connectivity index (χ1v) is 9.06. The van der Waals surface area contributed by atoms with E-state index < -0.39 is 5.60 Å². The van der Waals surface area contributed by atoms with Crippen molar-refractivity contribution in [2.24, 2.45) is 0 Å². The molecule has 25 heavy (non-hydrogen) atoms. The van der Waals surface area contributed by atoms with Crippen LogP contribution in [0.2, 0.25) is 0 Å². The van der Waals surface area contributed by atoms with Crippen LogP contribution in [0.25, 0.3) is 10.8 Å². The van der Waals surface area contributed by atoms with Crippen LogP contribution in [0.1, 0.15) is 45.7 Å². The summed E-state index contributed by atoms with van der Waals surface area (Å²) in [6.45, 7) is 9.60. The molecule has 2 aromatic rings. The first kappa shape index (κ1) is 17.7. The van der Waals surface area contributed by atoms with Crippen LogP contribution in [-0.4, -0.2) is 35.7 Å². The SMILES string of the molecule is C[C@H](c1cccc2ccccc12)N(C(=O)OC(C)(C)C)C1CCNC1. The summed E-state index contributed by atoms with van der Waals surface area (Å²) in [5.41, 5.74) is 0.663. The fourth-order valence-corrected chi connectivity index (χ4v) is 3.58. The Bertz CT molecular complexity index is 740. The summed E-state index contributed by atoms with van der Waals surface area (Å²) >= 11 is 0. The van der Waals surface area contributed by atoms with Crippen LogP contribution in [0, 0.1) is 0 Å². The maximum Gasteiger partial charge on any atom is 0.411 e. The minimum Gasteiger partial charge on any atom is -0.444 e. The molecule has 2 aromatic carbocycles. The fraction of sp³-hybridized carbons (Fsp3) is 0.476. The molecule has 0 bridgehead atoms. The van der Waals surface area contributed by atoms with Gasteiger partial charge in [-0.3, -0.25) is 4.90 Å². The summed E-state index contributed by atoms with van der Waals surface area (Å²) < 4.78 is 5.73. The highest BCUT2D eigenvalue weighted by Gasteiger charge is 2.34. The number of benzene rings is 2. The third-order valence-electron chi connectivity index (χ3n) is 4.72. The first-order chi connectivity index (χ1) is 11.9. The highest BCUT2D eigenvalue weighted by molar-refractivity contribution is 5.86. The normalized spacial score (nSPS) is 19.0. The molecule has 1 aliphatic rings. The van der Waals surface area contributed by atoms with E-state index in [4.69, 9.17) is 4.74 Å². The number of hydrogen-bond acceptors (Lipinski definition) is 3. The maximum absolute atomic E-state index is 13.0. The van der Waals surface area contributed by atoms with Crippen molar-refractivity contribution in [1.82, 2.24) is 10.2 Å². The van der Waals surface area contributed by atoms with E-state index in [-0.39, 0.29) is 18.2 Å². The van der Waals surface area contributed by atoms with E-state index in [1.54, 1.807) is 0 Å². The quantitative estimate of drug-likeness (QED) is 0.894. The summed E-state index contributed by atoms with van der Waals surface area (Å²) in [5.74, 6) is 0. The molecule has 0 aromatic heterocycles. The molecule has 0 spiro atoms. The van der Waals surface area contributed by atoms with Gasteiger partial charge in [0, 0.05) is 12.6 Å². The van der Waals surface area contributed by atoms with Crippen molar-refractivity contribution in [2.75, 3.05) is 13.1 Å². The van der Waals surface area contributed by atoms with Crippen LogP contribution in [0.5, 0.6) is 0 Å². The summed E-state index contributed by atoms with van der Waals surface area (Å²) in [6.07, 6.45) is 0.718. The van der Waals surface area contributed by atoms with Crippen LogP contribution in [-0.2, 0) is 4.74 Å². The van der Waals surface area contributed by atoms with E-state index in [1.807, 2.05) is 37.8 Å². The van der Waals surface area contributed by atoms with Crippen molar-refractivity contribution in [1.29, 1.82) is 0 Å². The molecule has 1 heterocycles. The number of nitrogens with one attached hydrogen (secondary N) is 1. The van der Waals surface area contributed by atoms with Crippen molar-refractivity contribution in [3.63, 3.8) is 0 Å². The van der Waals surface area contributed by atoms with Crippen molar-refractivity contribution < 1.29 is 9.53 Å². The molecule has 4 heteroatoms. The van der Waals surface area contributed by atoms with Gasteiger partial charge in [0.15, 0.2) is 0 Å². The Balaban J connectivity index is 1.98. The average Bonchev–Trinajstić information content (AvgIpc) is 3.06. The Labute approximate surface area is 150 Å². The number of amides is 1. The lowest BCUT2D eigenvalue weighted by atomic mass is 9.97. The fourth-order valence-electron chi connectivity index (χ4n) is 3.58. The van der Waals surface area contributed by atoms with Gasteiger partial charge in [-0.2, -0.15) is 0 Å². The molecule has 0 saturated carbocycles. The van der Waals surface area contributed by atoms with E-state index in [0.717, 1.165) is 25.1 Å². The molecule has 1 aliphatic heterocycles. The molecular formula is C21H28N2O2. The lowest BCUT2D eigenvalue weighted by Crippen LogP contribution is -2.45. The van der Waals surface area contributed by atoms with Crippen LogP contribution in [0.3, 0.4) is 0 Å². The first-order valence-electron chi connectivity index (χ1n) is 9.06. The number of nitrogens with zero attached hydrogens (tertiary/aromatic N) is 1. The van der Waals surface area contributed by atoms with Crippen LogP contribution >= 0.6 is 0 Å². The molecule has 1 N–H and O–H groups in total. The highest BCUT2D eigenvalue weighted by Crippen LogP contribution is 2.31. The largest absolute Gasteiger partial charge is 0.444 e. The predicted molar refractivity (Wildman–Crippen MR) is 102 cm³/mol. The molecule has 1 saturated heterocycles. The topological polar surface area (TPSA) is 41.6 Å². The predicted octanol–water partition coefficient (Wildman–Crippen LogP) is 4.50. The Morgan fingerprint density at radius 1 is 1.20 bits per heavy atom. The molecule has 0 aliphatic carbocycles. The van der Waals surface area contributed by atoms with Gasteiger partial charge in [-0.15, -0.1) is 0 Å². The third kappa shape index (κ3) is 3.96. The zero-order chi connectivity index (χ0) is 18.0. The van der Waals surface area contributed by atoms with E-state index in [9.17, 15) is 4.79 Å². The minimum atomic E-state index is -0.500. The minimum absolute atomic E-state index is 0.0501. The number of fused-ring (bicyclic) bond motifs is 1. The molecule has 4 nitrogen and oxygen atoms in total. The number of hydrogen-bond donors (Lipinski definition) is 1. The summed E-state index contributed by atoms with van der Waals surface area (Å²) in [6, 6.07) is 14.7. The molecule has 0 radical (unpaired) electrons. The zero-order valence-electron chi connectivity index (χ0n) is 15.6. The van der Waals surface area contributed by atoms with E-state index >= 15 is 0 Å². The van der Waals surface area contributed by atoms with Gasteiger partial charge >= 0.3 is 6.09 Å². The average molecular weight is 340 g/mol. The Kier molecular flexibility index (Phi) is 5.00. The van der Waals surface area contributed by atoms with Gasteiger partial charge in [0.05, 0.1) is 6.04 Å². The van der Waals surface area contributed by atoms with Gasteiger partial charge in [-0.1, -0.05) is 42.5 Å². The number of rotatable bonds is 3. The summed E-state index contributed by atoms with van der Waals surface area (Å²) in [7, 11) is 0. The standard InChI is InChI=1S/C21H28N2O2/c1-15(18-11-7-9-16-8-5-6-10-19(16)18)23(17-12-13-22-14-17)20(24)25-21(2,3)4/h5-11,15,17,22H,12-14H2,1-4H3/t15-,17?/m1/s1. The molecule has 1 amide bonds. The van der Waals surface area contributed by atoms with Crippen molar-refractivity contribution >= 4 is 16.9 Å². The molecular weight excluding hydrogens is 312 g/mol. The summed E-state index contributed by atoms with van der Waals surface area (Å²) in [5, 5.41) is 5.75. The number of ether oxygens (including phenoxy) is 1. The second-order valence-corrected chi connectivity index (χ2v) is 7.78. The smallest absolute Gasteiger partial charge is 0.411 e. The second-order valence-electron chi connectivity index (χ2n) is 7.78. The lowest BCUT2D eigenvalue weighted by molar-refractivity contribution is 0.00846. The van der Waals surface area contributed by atoms with E-state index in [1.165, 1.54) is 10.8 Å². The van der Waals surface area contributed by atoms with Gasteiger partial charge in [0.1, 0.15) is 5.60 Å². The van der Waals surface area contributed by atoms with Gasteiger partial charge < -0.3 is 10.1 Å². The van der Waals surface area contributed by atoms with E-state index in [0.29, 0.717) is 0 Å². The van der Waals surface area contributed by atoms with Crippen molar-refractivity contribution in [3.8, 4) is 0 Å². The van der Waals surface area contributed by atoms with Crippen molar-refractivity contribution in [3.05, 3.63) is 48.0 Å². The number of carbonyl (C=O) groups excluding carboxylic acids is 1. The Morgan fingerprint density at radius 2 is 1.92 bits per heavy atom. The van der Waals surface area contributed by atoms with E-state index in [2.05, 4.69) is 42.6 Å². The maximum atomic E-state index is 13.0. The van der Waals surface area contributed by atoms with Crippen molar-refractivity contribution in [2.45, 2.75) is 51.8 Å². The summed E-state index contributed by atoms with van der Waals surface area (Å²) in [4.78, 5) is 14.9. The monoisotopic (exact) mass is 340 g/mol. The highest BCUT2D eigenvalue weighted by atomic mass is 16.6. The Hall–Kier alpha value is -2.07. The van der Waals surface area contributed by atoms with Gasteiger partial charge in [-0.05, 0) is 57.0 Å². The molecule has 3 rings (SSSR count). The second kappa shape index (κ2) is 7.04.